The second-order valence-electron chi connectivity index (χ2n) is 5.05. The number of rotatable bonds is 4. The first-order chi connectivity index (χ1) is 10.5. The largest absolute Gasteiger partial charge is 0.439 e. The van der Waals surface area contributed by atoms with Crippen LogP contribution in [-0.2, 0) is 19.6 Å². The lowest BCUT2D eigenvalue weighted by Crippen LogP contribution is -2.61. The molecular formula is C14H14N2O5S. The van der Waals surface area contributed by atoms with E-state index in [1.807, 2.05) is 18.2 Å². The second-order valence-corrected chi connectivity index (χ2v) is 6.87. The Labute approximate surface area is 127 Å². The number of hydrogen-bond donors (Lipinski definition) is 0. The molecule has 2 amide bonds. The zero-order valence-electron chi connectivity index (χ0n) is 11.6. The highest BCUT2D eigenvalue weighted by atomic mass is 32.2. The van der Waals surface area contributed by atoms with E-state index in [4.69, 9.17) is 0 Å². The van der Waals surface area contributed by atoms with Crippen molar-refractivity contribution in [3.05, 3.63) is 41.3 Å². The lowest BCUT2D eigenvalue weighted by atomic mass is 10.1. The molecule has 7 nitrogen and oxygen atoms in total. The van der Waals surface area contributed by atoms with Gasteiger partial charge in [0.15, 0.2) is 6.61 Å². The molecule has 0 bridgehead atoms. The third-order valence-corrected chi connectivity index (χ3v) is 5.07. The van der Waals surface area contributed by atoms with E-state index in [1.54, 1.807) is 12.1 Å². The van der Waals surface area contributed by atoms with E-state index in [0.29, 0.717) is 0 Å². The minimum Gasteiger partial charge on any atom is -0.439 e. The van der Waals surface area contributed by atoms with Crippen molar-refractivity contribution in [3.63, 3.8) is 0 Å². The maximum absolute atomic E-state index is 12.1. The molecule has 0 atom stereocenters. The van der Waals surface area contributed by atoms with Crippen molar-refractivity contribution in [1.29, 1.82) is 0 Å². The predicted molar refractivity (Wildman–Crippen MR) is 78.0 cm³/mol. The Morgan fingerprint density at radius 1 is 1.14 bits per heavy atom. The lowest BCUT2D eigenvalue weighted by molar-refractivity contribution is -0.128. The molecule has 0 N–H and O–H groups in total. The summed E-state index contributed by atoms with van der Waals surface area (Å²) >= 11 is 0. The molecule has 0 spiro atoms. The van der Waals surface area contributed by atoms with Gasteiger partial charge < -0.3 is 4.74 Å². The Balaban J connectivity index is 1.63. The molecule has 0 aromatic heterocycles. The lowest BCUT2D eigenvalue weighted by Gasteiger charge is -2.40. The van der Waals surface area contributed by atoms with Gasteiger partial charge in [0.05, 0.1) is 6.04 Å². The SMILES string of the molecule is O=C1COC(=O)N1C1CN(S(=O)(=O)/C=C/c2ccccc2)C1. The van der Waals surface area contributed by atoms with Crippen molar-refractivity contribution < 1.29 is 22.7 Å². The molecule has 22 heavy (non-hydrogen) atoms. The van der Waals surface area contributed by atoms with Crippen molar-refractivity contribution >= 4 is 28.1 Å². The fraction of sp³-hybridized carbons (Fsp3) is 0.286. The van der Waals surface area contributed by atoms with Crippen molar-refractivity contribution in [3.8, 4) is 0 Å². The average molecular weight is 322 g/mol. The maximum Gasteiger partial charge on any atom is 0.417 e. The van der Waals surface area contributed by atoms with Crippen molar-refractivity contribution in [2.75, 3.05) is 19.7 Å². The molecule has 0 unspecified atom stereocenters. The third-order valence-electron chi connectivity index (χ3n) is 3.57. The third kappa shape index (κ3) is 2.75. The van der Waals surface area contributed by atoms with E-state index in [9.17, 15) is 18.0 Å². The van der Waals surface area contributed by atoms with Crippen LogP contribution in [0.4, 0.5) is 4.79 Å². The summed E-state index contributed by atoms with van der Waals surface area (Å²) in [5, 5.41) is 1.13. The van der Waals surface area contributed by atoms with Gasteiger partial charge in [-0.1, -0.05) is 30.3 Å². The minimum absolute atomic E-state index is 0.0995. The zero-order valence-corrected chi connectivity index (χ0v) is 12.4. The summed E-state index contributed by atoms with van der Waals surface area (Å²) in [6, 6.07) is 8.63. The highest BCUT2D eigenvalue weighted by molar-refractivity contribution is 7.92. The molecule has 0 radical (unpaired) electrons. The van der Waals surface area contributed by atoms with Crippen LogP contribution in [-0.4, -0.2) is 55.4 Å². The van der Waals surface area contributed by atoms with Crippen LogP contribution in [0, 0.1) is 0 Å². The summed E-state index contributed by atoms with van der Waals surface area (Å²) in [5.74, 6) is -0.424. The van der Waals surface area contributed by atoms with Crippen LogP contribution in [0.25, 0.3) is 6.08 Å². The molecule has 2 saturated heterocycles. The van der Waals surface area contributed by atoms with Crippen molar-refractivity contribution in [2.45, 2.75) is 6.04 Å². The Bertz CT molecular complexity index is 707. The highest BCUT2D eigenvalue weighted by Gasteiger charge is 2.45. The van der Waals surface area contributed by atoms with Gasteiger partial charge in [-0.2, -0.15) is 4.31 Å². The quantitative estimate of drug-likeness (QED) is 0.813. The summed E-state index contributed by atoms with van der Waals surface area (Å²) in [6.07, 6.45) is 0.810. The number of hydrogen-bond acceptors (Lipinski definition) is 5. The molecule has 0 saturated carbocycles. The first-order valence-electron chi connectivity index (χ1n) is 6.69. The molecule has 8 heteroatoms. The van der Waals surface area contributed by atoms with Gasteiger partial charge in [0.2, 0.25) is 10.0 Å². The minimum atomic E-state index is -3.56. The Kier molecular flexibility index (Phi) is 3.71. The molecule has 1 aromatic rings. The van der Waals surface area contributed by atoms with Crippen molar-refractivity contribution in [2.24, 2.45) is 0 Å². The topological polar surface area (TPSA) is 84.0 Å². The molecule has 2 fully saturated rings. The number of nitrogens with zero attached hydrogens (tertiary/aromatic N) is 2. The summed E-state index contributed by atoms with van der Waals surface area (Å²) in [6.45, 7) is -0.0688. The van der Waals surface area contributed by atoms with Crippen LogP contribution in [0.5, 0.6) is 0 Å². The number of ether oxygens (including phenoxy) is 1. The summed E-state index contributed by atoms with van der Waals surface area (Å²) in [7, 11) is -3.56. The summed E-state index contributed by atoms with van der Waals surface area (Å²) in [4.78, 5) is 23.9. The van der Waals surface area contributed by atoms with E-state index in [0.717, 1.165) is 15.9 Å². The van der Waals surface area contributed by atoms with Crippen LogP contribution in [0.2, 0.25) is 0 Å². The van der Waals surface area contributed by atoms with Gasteiger partial charge in [0.25, 0.3) is 5.91 Å². The molecule has 3 rings (SSSR count). The van der Waals surface area contributed by atoms with Gasteiger partial charge in [-0.25, -0.2) is 18.1 Å². The molecule has 0 aliphatic carbocycles. The molecule has 2 heterocycles. The molecule has 116 valence electrons. The monoisotopic (exact) mass is 322 g/mol. The molecular weight excluding hydrogens is 308 g/mol. The summed E-state index contributed by atoms with van der Waals surface area (Å²) in [5.41, 5.74) is 0.779. The van der Waals surface area contributed by atoms with Gasteiger partial charge in [-0.15, -0.1) is 0 Å². The normalized spacial score (nSPS) is 20.5. The first-order valence-corrected chi connectivity index (χ1v) is 8.20. The smallest absolute Gasteiger partial charge is 0.417 e. The van der Waals surface area contributed by atoms with E-state index >= 15 is 0 Å². The van der Waals surface area contributed by atoms with Gasteiger partial charge in [-0.3, -0.25) is 4.79 Å². The van der Waals surface area contributed by atoms with E-state index in [1.165, 1.54) is 10.4 Å². The number of sulfonamides is 1. The maximum atomic E-state index is 12.1. The number of cyclic esters (lactones) is 1. The van der Waals surface area contributed by atoms with Gasteiger partial charge in [-0.05, 0) is 11.6 Å². The highest BCUT2D eigenvalue weighted by Crippen LogP contribution is 2.23. The number of amides is 2. The average Bonchev–Trinajstić information content (AvgIpc) is 2.77. The fourth-order valence-electron chi connectivity index (χ4n) is 2.32. The number of carbonyl (C=O) groups excluding carboxylic acids is 2. The van der Waals surface area contributed by atoms with Crippen molar-refractivity contribution in [1.82, 2.24) is 9.21 Å². The standard InChI is InChI=1S/C14H14N2O5S/c17-13-10-21-14(18)16(13)12-8-15(9-12)22(19,20)7-6-11-4-2-1-3-5-11/h1-7,12H,8-10H2/b7-6+. The van der Waals surface area contributed by atoms with Crippen LogP contribution in [0.3, 0.4) is 0 Å². The van der Waals surface area contributed by atoms with Crippen LogP contribution in [0.15, 0.2) is 35.7 Å². The molecule has 2 aliphatic heterocycles. The first kappa shape index (κ1) is 14.7. The van der Waals surface area contributed by atoms with Crippen LogP contribution < -0.4 is 0 Å². The van der Waals surface area contributed by atoms with E-state index < -0.39 is 28.1 Å². The zero-order chi connectivity index (χ0) is 15.7. The Morgan fingerprint density at radius 3 is 2.41 bits per heavy atom. The van der Waals surface area contributed by atoms with Crippen LogP contribution >= 0.6 is 0 Å². The van der Waals surface area contributed by atoms with Gasteiger partial charge >= 0.3 is 6.09 Å². The fourth-order valence-corrected chi connectivity index (χ4v) is 3.58. The van der Waals surface area contributed by atoms with Gasteiger partial charge in [0.1, 0.15) is 0 Å². The number of imide groups is 1. The Morgan fingerprint density at radius 2 is 1.82 bits per heavy atom. The van der Waals surface area contributed by atoms with E-state index in [2.05, 4.69) is 4.74 Å². The summed E-state index contributed by atoms with van der Waals surface area (Å²) < 4.78 is 30.1. The van der Waals surface area contributed by atoms with E-state index in [-0.39, 0.29) is 19.7 Å². The second kappa shape index (κ2) is 5.54. The Hall–Kier alpha value is -2.19. The predicted octanol–water partition coefficient (Wildman–Crippen LogP) is 0.650. The molecule has 1 aromatic carbocycles. The van der Waals surface area contributed by atoms with Gasteiger partial charge in [0, 0.05) is 18.5 Å². The molecule has 2 aliphatic rings. The van der Waals surface area contributed by atoms with Crippen LogP contribution in [0.1, 0.15) is 5.56 Å². The number of carbonyl (C=O) groups is 2. The number of benzene rings is 1.